The molecule has 0 radical (unpaired) electrons. The van der Waals surface area contributed by atoms with E-state index in [1.165, 1.54) is 24.2 Å². The molecule has 2 heteroatoms. The van der Waals surface area contributed by atoms with Crippen LogP contribution in [-0.4, -0.2) is 25.7 Å². The van der Waals surface area contributed by atoms with Crippen molar-refractivity contribution in [2.45, 2.75) is 32.7 Å². The molecule has 0 aromatic heterocycles. The van der Waals surface area contributed by atoms with E-state index in [0.29, 0.717) is 6.04 Å². The van der Waals surface area contributed by atoms with Crippen LogP contribution >= 0.6 is 0 Å². The van der Waals surface area contributed by atoms with E-state index in [1.54, 1.807) is 0 Å². The number of aryl methyl sites for hydroxylation is 1. The Morgan fingerprint density at radius 1 is 1.44 bits per heavy atom. The molecule has 1 unspecified atom stereocenters. The molecular weight excluding hydrogens is 196 g/mol. The van der Waals surface area contributed by atoms with Gasteiger partial charge < -0.3 is 10.2 Å². The van der Waals surface area contributed by atoms with Crippen LogP contribution in [0.4, 0.5) is 5.69 Å². The van der Waals surface area contributed by atoms with Crippen molar-refractivity contribution in [3.8, 4) is 0 Å². The van der Waals surface area contributed by atoms with Crippen molar-refractivity contribution in [1.29, 1.82) is 0 Å². The third kappa shape index (κ3) is 2.76. The SMILES string of the molecule is CCc1cccc(N2CCCNC(C)C2)c1. The minimum atomic E-state index is 0.591. The van der Waals surface area contributed by atoms with Gasteiger partial charge in [0.2, 0.25) is 0 Å². The van der Waals surface area contributed by atoms with Crippen LogP contribution in [0.2, 0.25) is 0 Å². The number of hydrogen-bond donors (Lipinski definition) is 1. The molecule has 0 amide bonds. The van der Waals surface area contributed by atoms with Gasteiger partial charge in [-0.1, -0.05) is 19.1 Å². The summed E-state index contributed by atoms with van der Waals surface area (Å²) >= 11 is 0. The fourth-order valence-corrected chi connectivity index (χ4v) is 2.31. The summed E-state index contributed by atoms with van der Waals surface area (Å²) in [6, 6.07) is 9.54. The van der Waals surface area contributed by atoms with Gasteiger partial charge in [-0.2, -0.15) is 0 Å². The standard InChI is InChI=1S/C14H22N2/c1-3-13-6-4-7-14(10-13)16-9-5-8-15-12(2)11-16/h4,6-7,10,12,15H,3,5,8-9,11H2,1-2H3. The number of anilines is 1. The Bertz CT molecular complexity index is 335. The maximum Gasteiger partial charge on any atom is 0.0369 e. The van der Waals surface area contributed by atoms with E-state index < -0.39 is 0 Å². The molecule has 0 saturated carbocycles. The summed E-state index contributed by atoms with van der Waals surface area (Å²) in [6.07, 6.45) is 2.36. The minimum absolute atomic E-state index is 0.591. The molecule has 1 N–H and O–H groups in total. The number of hydrogen-bond acceptors (Lipinski definition) is 2. The second kappa shape index (κ2) is 5.35. The summed E-state index contributed by atoms with van der Waals surface area (Å²) in [6.45, 7) is 7.91. The molecule has 88 valence electrons. The fraction of sp³-hybridized carbons (Fsp3) is 0.571. The van der Waals surface area contributed by atoms with Crippen LogP contribution in [0, 0.1) is 0 Å². The first-order valence-corrected chi connectivity index (χ1v) is 6.37. The maximum atomic E-state index is 3.53. The largest absolute Gasteiger partial charge is 0.370 e. The van der Waals surface area contributed by atoms with E-state index >= 15 is 0 Å². The third-order valence-corrected chi connectivity index (χ3v) is 3.28. The van der Waals surface area contributed by atoms with E-state index in [2.05, 4.69) is 48.3 Å². The highest BCUT2D eigenvalue weighted by Crippen LogP contribution is 2.18. The minimum Gasteiger partial charge on any atom is -0.370 e. The summed E-state index contributed by atoms with van der Waals surface area (Å²) in [5.41, 5.74) is 2.82. The van der Waals surface area contributed by atoms with E-state index in [4.69, 9.17) is 0 Å². The van der Waals surface area contributed by atoms with E-state index in [-0.39, 0.29) is 0 Å². The normalized spacial score (nSPS) is 21.9. The van der Waals surface area contributed by atoms with Crippen molar-refractivity contribution in [1.82, 2.24) is 5.32 Å². The average molecular weight is 218 g/mol. The molecule has 1 aromatic rings. The van der Waals surface area contributed by atoms with Gasteiger partial charge >= 0.3 is 0 Å². The molecule has 0 bridgehead atoms. The Morgan fingerprint density at radius 2 is 2.31 bits per heavy atom. The molecule has 2 rings (SSSR count). The van der Waals surface area contributed by atoms with Gasteiger partial charge in [-0.05, 0) is 44.0 Å². The van der Waals surface area contributed by atoms with Crippen molar-refractivity contribution in [2.24, 2.45) is 0 Å². The highest BCUT2D eigenvalue weighted by atomic mass is 15.2. The second-order valence-electron chi connectivity index (χ2n) is 4.68. The Kier molecular flexibility index (Phi) is 3.83. The Hall–Kier alpha value is -1.02. The van der Waals surface area contributed by atoms with Crippen LogP contribution in [0.1, 0.15) is 25.8 Å². The van der Waals surface area contributed by atoms with E-state index in [9.17, 15) is 0 Å². The van der Waals surface area contributed by atoms with Gasteiger partial charge in [0, 0.05) is 24.8 Å². The molecule has 1 aliphatic heterocycles. The molecule has 16 heavy (non-hydrogen) atoms. The first-order valence-electron chi connectivity index (χ1n) is 6.37. The number of rotatable bonds is 2. The zero-order chi connectivity index (χ0) is 11.4. The maximum absolute atomic E-state index is 3.53. The lowest BCUT2D eigenvalue weighted by Crippen LogP contribution is -2.35. The quantitative estimate of drug-likeness (QED) is 0.820. The molecule has 0 spiro atoms. The predicted octanol–water partition coefficient (Wildman–Crippen LogP) is 2.44. The topological polar surface area (TPSA) is 15.3 Å². The third-order valence-electron chi connectivity index (χ3n) is 3.28. The summed E-state index contributed by atoms with van der Waals surface area (Å²) in [5, 5.41) is 3.53. The molecule has 1 saturated heterocycles. The van der Waals surface area contributed by atoms with Crippen LogP contribution in [0.3, 0.4) is 0 Å². The molecule has 1 atom stereocenters. The second-order valence-corrected chi connectivity index (χ2v) is 4.68. The van der Waals surface area contributed by atoms with E-state index in [0.717, 1.165) is 19.5 Å². The molecule has 1 aliphatic rings. The molecule has 1 aromatic carbocycles. The van der Waals surface area contributed by atoms with Crippen LogP contribution < -0.4 is 10.2 Å². The Morgan fingerprint density at radius 3 is 3.12 bits per heavy atom. The Labute approximate surface area is 98.7 Å². The van der Waals surface area contributed by atoms with Crippen molar-refractivity contribution < 1.29 is 0 Å². The smallest absolute Gasteiger partial charge is 0.0369 e. The number of benzene rings is 1. The predicted molar refractivity (Wildman–Crippen MR) is 70.1 cm³/mol. The van der Waals surface area contributed by atoms with Gasteiger partial charge in [-0.15, -0.1) is 0 Å². The lowest BCUT2D eigenvalue weighted by atomic mass is 10.1. The Balaban J connectivity index is 2.14. The van der Waals surface area contributed by atoms with Crippen LogP contribution in [0.15, 0.2) is 24.3 Å². The first-order chi connectivity index (χ1) is 7.79. The first kappa shape index (κ1) is 11.5. The van der Waals surface area contributed by atoms with Crippen molar-refractivity contribution in [3.05, 3.63) is 29.8 Å². The van der Waals surface area contributed by atoms with Crippen molar-refractivity contribution in [2.75, 3.05) is 24.5 Å². The lowest BCUT2D eigenvalue weighted by Gasteiger charge is -2.25. The fourth-order valence-electron chi connectivity index (χ4n) is 2.31. The van der Waals surface area contributed by atoms with Crippen LogP contribution in [0.5, 0.6) is 0 Å². The highest BCUT2D eigenvalue weighted by molar-refractivity contribution is 5.49. The molecule has 0 aliphatic carbocycles. The van der Waals surface area contributed by atoms with Crippen molar-refractivity contribution in [3.63, 3.8) is 0 Å². The summed E-state index contributed by atoms with van der Waals surface area (Å²) in [5.74, 6) is 0. The zero-order valence-electron chi connectivity index (χ0n) is 10.4. The van der Waals surface area contributed by atoms with Gasteiger partial charge in [-0.25, -0.2) is 0 Å². The average Bonchev–Trinajstić information content (AvgIpc) is 2.54. The molecule has 1 fully saturated rings. The highest BCUT2D eigenvalue weighted by Gasteiger charge is 2.14. The van der Waals surface area contributed by atoms with Gasteiger partial charge in [0.05, 0.1) is 0 Å². The molecular formula is C14H22N2. The van der Waals surface area contributed by atoms with Crippen molar-refractivity contribution >= 4 is 5.69 Å². The summed E-state index contributed by atoms with van der Waals surface area (Å²) in [4.78, 5) is 2.50. The van der Waals surface area contributed by atoms with Gasteiger partial charge in [0.15, 0.2) is 0 Å². The number of nitrogens with one attached hydrogen (secondary N) is 1. The summed E-state index contributed by atoms with van der Waals surface area (Å²) in [7, 11) is 0. The van der Waals surface area contributed by atoms with E-state index in [1.807, 2.05) is 0 Å². The number of nitrogens with zero attached hydrogens (tertiary/aromatic N) is 1. The zero-order valence-corrected chi connectivity index (χ0v) is 10.4. The van der Waals surface area contributed by atoms with Gasteiger partial charge in [0.1, 0.15) is 0 Å². The molecule has 2 nitrogen and oxygen atoms in total. The van der Waals surface area contributed by atoms with Crippen LogP contribution in [-0.2, 0) is 6.42 Å². The molecule has 1 heterocycles. The van der Waals surface area contributed by atoms with Crippen LogP contribution in [0.25, 0.3) is 0 Å². The monoisotopic (exact) mass is 218 g/mol. The van der Waals surface area contributed by atoms with Gasteiger partial charge in [0.25, 0.3) is 0 Å². The lowest BCUT2D eigenvalue weighted by molar-refractivity contribution is 0.585. The van der Waals surface area contributed by atoms with Gasteiger partial charge in [-0.3, -0.25) is 0 Å². The summed E-state index contributed by atoms with van der Waals surface area (Å²) < 4.78 is 0.